The number of nitrogen functional groups attached to an aromatic ring is 1. The van der Waals surface area contributed by atoms with Crippen LogP contribution in [-0.2, 0) is 6.61 Å². The van der Waals surface area contributed by atoms with E-state index in [9.17, 15) is 0 Å². The Balaban J connectivity index is 2.05. The van der Waals surface area contributed by atoms with Crippen LogP contribution >= 0.6 is 11.6 Å². The first-order chi connectivity index (χ1) is 7.75. The van der Waals surface area contributed by atoms with E-state index in [2.05, 4.69) is 4.98 Å². The predicted octanol–water partition coefficient (Wildman–Crippen LogP) is 2.90. The van der Waals surface area contributed by atoms with Gasteiger partial charge in [0.05, 0.1) is 5.69 Å². The van der Waals surface area contributed by atoms with Crippen molar-refractivity contribution in [2.75, 3.05) is 5.73 Å². The van der Waals surface area contributed by atoms with Gasteiger partial charge in [-0.25, -0.2) is 4.98 Å². The van der Waals surface area contributed by atoms with Crippen LogP contribution in [0.3, 0.4) is 0 Å². The first-order valence-electron chi connectivity index (χ1n) is 4.83. The van der Waals surface area contributed by atoms with Crippen molar-refractivity contribution < 1.29 is 4.74 Å². The van der Waals surface area contributed by atoms with E-state index in [0.717, 1.165) is 5.56 Å². The highest BCUT2D eigenvalue weighted by atomic mass is 35.5. The molecule has 0 saturated carbocycles. The number of pyridine rings is 1. The van der Waals surface area contributed by atoms with Gasteiger partial charge in [0.2, 0.25) is 5.88 Å². The van der Waals surface area contributed by atoms with Crippen LogP contribution < -0.4 is 10.5 Å². The molecule has 0 saturated heterocycles. The summed E-state index contributed by atoms with van der Waals surface area (Å²) in [7, 11) is 0. The van der Waals surface area contributed by atoms with Gasteiger partial charge in [-0.2, -0.15) is 0 Å². The van der Waals surface area contributed by atoms with Gasteiger partial charge in [0, 0.05) is 11.2 Å². The summed E-state index contributed by atoms with van der Waals surface area (Å²) in [6, 6.07) is 11.0. The molecule has 0 atom stereocenters. The Labute approximate surface area is 98.8 Å². The summed E-state index contributed by atoms with van der Waals surface area (Å²) in [5, 5.41) is 0.690. The molecule has 4 heteroatoms. The lowest BCUT2D eigenvalue weighted by molar-refractivity contribution is 0.296. The second-order valence-corrected chi connectivity index (χ2v) is 3.75. The van der Waals surface area contributed by atoms with Gasteiger partial charge in [-0.3, -0.25) is 0 Å². The van der Waals surface area contributed by atoms with Crippen LogP contribution in [0.15, 0.2) is 42.6 Å². The number of nitrogens with zero attached hydrogens (tertiary/aromatic N) is 1. The first-order valence-corrected chi connectivity index (χ1v) is 5.21. The number of hydrogen-bond acceptors (Lipinski definition) is 3. The SMILES string of the molecule is Nc1cccnc1OCc1cccc(Cl)c1. The fraction of sp³-hybridized carbons (Fsp3) is 0.0833. The average molecular weight is 235 g/mol. The highest BCUT2D eigenvalue weighted by Gasteiger charge is 2.01. The molecule has 0 fully saturated rings. The van der Waals surface area contributed by atoms with Crippen molar-refractivity contribution in [3.63, 3.8) is 0 Å². The second kappa shape index (κ2) is 4.86. The monoisotopic (exact) mass is 234 g/mol. The Bertz CT molecular complexity index is 488. The summed E-state index contributed by atoms with van der Waals surface area (Å²) in [6.07, 6.45) is 1.64. The number of hydrogen-bond donors (Lipinski definition) is 1. The zero-order chi connectivity index (χ0) is 11.4. The number of aromatic nitrogens is 1. The Kier molecular flexibility index (Phi) is 3.27. The molecule has 0 amide bonds. The first kappa shape index (κ1) is 10.8. The van der Waals surface area contributed by atoms with Gasteiger partial charge in [0.15, 0.2) is 0 Å². The average Bonchev–Trinajstić information content (AvgIpc) is 2.28. The number of halogens is 1. The lowest BCUT2D eigenvalue weighted by Gasteiger charge is -2.07. The van der Waals surface area contributed by atoms with Crippen molar-refractivity contribution in [2.24, 2.45) is 0 Å². The predicted molar refractivity (Wildman–Crippen MR) is 64.4 cm³/mol. The van der Waals surface area contributed by atoms with E-state index < -0.39 is 0 Å². The standard InChI is InChI=1S/C12H11ClN2O/c13-10-4-1-3-9(7-10)8-16-12-11(14)5-2-6-15-12/h1-7H,8,14H2. The van der Waals surface area contributed by atoms with Gasteiger partial charge in [0.1, 0.15) is 6.61 Å². The Hall–Kier alpha value is -1.74. The van der Waals surface area contributed by atoms with E-state index in [4.69, 9.17) is 22.1 Å². The maximum absolute atomic E-state index is 5.86. The van der Waals surface area contributed by atoms with Gasteiger partial charge in [0.25, 0.3) is 0 Å². The zero-order valence-corrected chi connectivity index (χ0v) is 9.32. The minimum Gasteiger partial charge on any atom is -0.471 e. The molecule has 82 valence electrons. The molecule has 2 aromatic rings. The molecular formula is C12H11ClN2O. The maximum atomic E-state index is 5.86. The van der Waals surface area contributed by atoms with Crippen molar-refractivity contribution >= 4 is 17.3 Å². The number of nitrogens with two attached hydrogens (primary N) is 1. The van der Waals surface area contributed by atoms with Crippen LogP contribution in [0, 0.1) is 0 Å². The van der Waals surface area contributed by atoms with Crippen molar-refractivity contribution in [3.05, 3.63) is 53.2 Å². The van der Waals surface area contributed by atoms with E-state index in [1.165, 1.54) is 0 Å². The Morgan fingerprint density at radius 3 is 2.88 bits per heavy atom. The molecule has 0 spiro atoms. The zero-order valence-electron chi connectivity index (χ0n) is 8.56. The van der Waals surface area contributed by atoms with Crippen LogP contribution in [0.5, 0.6) is 5.88 Å². The van der Waals surface area contributed by atoms with Crippen LogP contribution in [0.2, 0.25) is 5.02 Å². The van der Waals surface area contributed by atoms with Crippen LogP contribution in [0.25, 0.3) is 0 Å². The molecule has 0 aliphatic carbocycles. The molecule has 1 aromatic heterocycles. The van der Waals surface area contributed by atoms with E-state index >= 15 is 0 Å². The highest BCUT2D eigenvalue weighted by molar-refractivity contribution is 6.30. The minimum atomic E-state index is 0.405. The number of ether oxygens (including phenoxy) is 1. The summed E-state index contributed by atoms with van der Waals surface area (Å²) in [6.45, 7) is 0.405. The van der Waals surface area contributed by atoms with Gasteiger partial charge in [-0.1, -0.05) is 23.7 Å². The van der Waals surface area contributed by atoms with E-state index in [1.807, 2.05) is 24.3 Å². The Morgan fingerprint density at radius 2 is 2.12 bits per heavy atom. The third-order valence-electron chi connectivity index (χ3n) is 2.07. The van der Waals surface area contributed by atoms with Gasteiger partial charge < -0.3 is 10.5 Å². The molecule has 3 nitrogen and oxygen atoms in total. The molecule has 1 aromatic carbocycles. The summed E-state index contributed by atoms with van der Waals surface area (Å²) < 4.78 is 5.48. The highest BCUT2D eigenvalue weighted by Crippen LogP contribution is 2.18. The van der Waals surface area contributed by atoms with Crippen LogP contribution in [0.1, 0.15) is 5.56 Å². The van der Waals surface area contributed by atoms with Gasteiger partial charge in [-0.15, -0.1) is 0 Å². The van der Waals surface area contributed by atoms with Gasteiger partial charge in [-0.05, 0) is 29.8 Å². The smallest absolute Gasteiger partial charge is 0.237 e. The molecular weight excluding hydrogens is 224 g/mol. The molecule has 16 heavy (non-hydrogen) atoms. The minimum absolute atomic E-state index is 0.405. The molecule has 0 aliphatic rings. The molecule has 0 radical (unpaired) electrons. The van der Waals surface area contributed by atoms with E-state index in [1.54, 1.807) is 18.3 Å². The normalized spacial score (nSPS) is 10.1. The number of anilines is 1. The number of rotatable bonds is 3. The summed E-state index contributed by atoms with van der Waals surface area (Å²) in [5.74, 6) is 0.447. The molecule has 0 aliphatic heterocycles. The number of benzene rings is 1. The van der Waals surface area contributed by atoms with Crippen molar-refractivity contribution in [3.8, 4) is 5.88 Å². The fourth-order valence-corrected chi connectivity index (χ4v) is 1.52. The van der Waals surface area contributed by atoms with E-state index in [0.29, 0.717) is 23.2 Å². The summed E-state index contributed by atoms with van der Waals surface area (Å²) >= 11 is 5.86. The Morgan fingerprint density at radius 1 is 1.25 bits per heavy atom. The van der Waals surface area contributed by atoms with Crippen molar-refractivity contribution in [2.45, 2.75) is 6.61 Å². The molecule has 2 N–H and O–H groups in total. The van der Waals surface area contributed by atoms with Gasteiger partial charge >= 0.3 is 0 Å². The van der Waals surface area contributed by atoms with Crippen molar-refractivity contribution in [1.82, 2.24) is 4.98 Å². The molecule has 0 unspecified atom stereocenters. The third-order valence-corrected chi connectivity index (χ3v) is 2.30. The fourth-order valence-electron chi connectivity index (χ4n) is 1.30. The molecule has 2 rings (SSSR count). The lowest BCUT2D eigenvalue weighted by Crippen LogP contribution is -2.00. The van der Waals surface area contributed by atoms with Crippen LogP contribution in [0.4, 0.5) is 5.69 Å². The van der Waals surface area contributed by atoms with Crippen LogP contribution in [-0.4, -0.2) is 4.98 Å². The summed E-state index contributed by atoms with van der Waals surface area (Å²) in [4.78, 5) is 4.04. The largest absolute Gasteiger partial charge is 0.471 e. The quantitative estimate of drug-likeness (QED) is 0.888. The second-order valence-electron chi connectivity index (χ2n) is 3.32. The summed E-state index contributed by atoms with van der Waals surface area (Å²) in [5.41, 5.74) is 7.22. The topological polar surface area (TPSA) is 48.1 Å². The maximum Gasteiger partial charge on any atom is 0.237 e. The van der Waals surface area contributed by atoms with E-state index in [-0.39, 0.29) is 0 Å². The lowest BCUT2D eigenvalue weighted by atomic mass is 10.2. The molecule has 0 bridgehead atoms. The molecule has 1 heterocycles. The van der Waals surface area contributed by atoms with Crippen molar-refractivity contribution in [1.29, 1.82) is 0 Å². The third kappa shape index (κ3) is 2.64.